The van der Waals surface area contributed by atoms with Crippen LogP contribution in [0.25, 0.3) is 0 Å². The molecular formula is C14H12ClIN2O2. The second-order valence-corrected chi connectivity index (χ2v) is 5.91. The number of nitrogens with two attached hydrogens (primary N) is 1. The number of nitrogens with one attached hydrogen (secondary N) is 1. The Balaban J connectivity index is 2.41. The molecule has 0 bridgehead atoms. The van der Waals surface area contributed by atoms with E-state index in [4.69, 9.17) is 22.4 Å². The van der Waals surface area contributed by atoms with E-state index in [2.05, 4.69) is 27.9 Å². The molecule has 0 saturated carbocycles. The molecular weight excluding hydrogens is 391 g/mol. The SMILES string of the molecule is Cc1cc(Nc2ccc(Cl)cc2I)cc(C(=O)O)c1N. The lowest BCUT2D eigenvalue weighted by atomic mass is 10.1. The third kappa shape index (κ3) is 3.16. The van der Waals surface area contributed by atoms with E-state index in [0.717, 1.165) is 14.8 Å². The fourth-order valence-corrected chi connectivity index (χ4v) is 2.80. The zero-order valence-electron chi connectivity index (χ0n) is 10.6. The average Bonchev–Trinajstić information content (AvgIpc) is 2.36. The minimum atomic E-state index is -1.04. The molecule has 2 aromatic rings. The van der Waals surface area contributed by atoms with Crippen LogP contribution in [0.1, 0.15) is 15.9 Å². The highest BCUT2D eigenvalue weighted by atomic mass is 127. The molecule has 0 aliphatic rings. The van der Waals surface area contributed by atoms with Crippen LogP contribution in [0.4, 0.5) is 17.1 Å². The predicted octanol–water partition coefficient (Wildman–Crippen LogP) is 4.28. The third-order valence-electron chi connectivity index (χ3n) is 2.83. The molecule has 0 aliphatic carbocycles. The molecule has 0 amide bonds. The number of aromatic carboxylic acids is 1. The van der Waals surface area contributed by atoms with Crippen LogP contribution >= 0.6 is 34.2 Å². The van der Waals surface area contributed by atoms with Crippen molar-refractivity contribution < 1.29 is 9.90 Å². The lowest BCUT2D eigenvalue weighted by molar-refractivity contribution is 0.0698. The van der Waals surface area contributed by atoms with Gasteiger partial charge in [0, 0.05) is 20.0 Å². The van der Waals surface area contributed by atoms with Gasteiger partial charge in [0.2, 0.25) is 0 Å². The number of carbonyl (C=O) groups is 1. The zero-order chi connectivity index (χ0) is 14.9. The Morgan fingerprint density at radius 2 is 2.05 bits per heavy atom. The summed E-state index contributed by atoms with van der Waals surface area (Å²) in [5.74, 6) is -1.04. The van der Waals surface area contributed by atoms with Gasteiger partial charge in [0.05, 0.1) is 11.3 Å². The normalized spacial score (nSPS) is 10.3. The van der Waals surface area contributed by atoms with E-state index < -0.39 is 5.97 Å². The number of carboxylic acids is 1. The molecule has 0 aliphatic heterocycles. The third-order valence-corrected chi connectivity index (χ3v) is 3.96. The number of benzene rings is 2. The first-order valence-corrected chi connectivity index (χ1v) is 7.19. The molecule has 4 nitrogen and oxygen atoms in total. The van der Waals surface area contributed by atoms with Crippen molar-refractivity contribution in [2.75, 3.05) is 11.1 Å². The van der Waals surface area contributed by atoms with Crippen molar-refractivity contribution >= 4 is 57.2 Å². The van der Waals surface area contributed by atoms with Gasteiger partial charge < -0.3 is 16.2 Å². The minimum absolute atomic E-state index is 0.0940. The van der Waals surface area contributed by atoms with Gasteiger partial charge in [-0.1, -0.05) is 11.6 Å². The Bertz CT molecular complexity index is 689. The van der Waals surface area contributed by atoms with Crippen molar-refractivity contribution in [3.8, 4) is 0 Å². The summed E-state index contributed by atoms with van der Waals surface area (Å²) in [6.45, 7) is 1.78. The van der Waals surface area contributed by atoms with Gasteiger partial charge >= 0.3 is 5.97 Å². The number of anilines is 3. The summed E-state index contributed by atoms with van der Waals surface area (Å²) in [5.41, 5.74) is 8.40. The summed E-state index contributed by atoms with van der Waals surface area (Å²) in [7, 11) is 0. The Morgan fingerprint density at radius 1 is 1.35 bits per heavy atom. The molecule has 0 aromatic heterocycles. The summed E-state index contributed by atoms with van der Waals surface area (Å²) < 4.78 is 0.946. The van der Waals surface area contributed by atoms with Crippen LogP contribution in [-0.4, -0.2) is 11.1 Å². The van der Waals surface area contributed by atoms with Crippen LogP contribution in [-0.2, 0) is 0 Å². The molecule has 20 heavy (non-hydrogen) atoms. The second kappa shape index (κ2) is 5.88. The topological polar surface area (TPSA) is 75.3 Å². The number of rotatable bonds is 3. The van der Waals surface area contributed by atoms with Crippen LogP contribution in [0.5, 0.6) is 0 Å². The molecule has 2 rings (SSSR count). The first-order valence-electron chi connectivity index (χ1n) is 5.74. The van der Waals surface area contributed by atoms with Crippen molar-refractivity contribution in [2.24, 2.45) is 0 Å². The van der Waals surface area contributed by atoms with E-state index in [1.807, 2.05) is 18.2 Å². The van der Waals surface area contributed by atoms with Gasteiger partial charge in [-0.3, -0.25) is 0 Å². The maximum Gasteiger partial charge on any atom is 0.337 e. The molecule has 104 valence electrons. The van der Waals surface area contributed by atoms with Gasteiger partial charge in [-0.05, 0) is 65.4 Å². The maximum absolute atomic E-state index is 11.2. The van der Waals surface area contributed by atoms with Crippen molar-refractivity contribution in [3.05, 3.63) is 50.1 Å². The van der Waals surface area contributed by atoms with Crippen LogP contribution in [0.3, 0.4) is 0 Å². The van der Waals surface area contributed by atoms with Gasteiger partial charge in [-0.2, -0.15) is 0 Å². The van der Waals surface area contributed by atoms with Crippen LogP contribution < -0.4 is 11.1 Å². The van der Waals surface area contributed by atoms with E-state index >= 15 is 0 Å². The second-order valence-electron chi connectivity index (χ2n) is 4.31. The van der Waals surface area contributed by atoms with Gasteiger partial charge in [-0.15, -0.1) is 0 Å². The van der Waals surface area contributed by atoms with Crippen LogP contribution in [0.2, 0.25) is 5.02 Å². The van der Waals surface area contributed by atoms with Gasteiger partial charge in [0.15, 0.2) is 0 Å². The van der Waals surface area contributed by atoms with E-state index in [9.17, 15) is 4.79 Å². The fourth-order valence-electron chi connectivity index (χ4n) is 1.79. The summed E-state index contributed by atoms with van der Waals surface area (Å²) in [6.07, 6.45) is 0. The molecule has 0 heterocycles. The molecule has 0 unspecified atom stereocenters. The largest absolute Gasteiger partial charge is 0.478 e. The molecule has 0 saturated heterocycles. The highest BCUT2D eigenvalue weighted by Gasteiger charge is 2.12. The maximum atomic E-state index is 11.2. The molecule has 4 N–H and O–H groups in total. The molecule has 0 fully saturated rings. The van der Waals surface area contributed by atoms with Crippen molar-refractivity contribution in [1.29, 1.82) is 0 Å². The molecule has 2 aromatic carbocycles. The zero-order valence-corrected chi connectivity index (χ0v) is 13.5. The Kier molecular flexibility index (Phi) is 4.39. The molecule has 0 atom stereocenters. The van der Waals surface area contributed by atoms with Gasteiger partial charge in [0.25, 0.3) is 0 Å². The van der Waals surface area contributed by atoms with E-state index in [-0.39, 0.29) is 11.3 Å². The Labute approximate surface area is 135 Å². The fraction of sp³-hybridized carbons (Fsp3) is 0.0714. The van der Waals surface area contributed by atoms with E-state index in [1.165, 1.54) is 6.07 Å². The highest BCUT2D eigenvalue weighted by molar-refractivity contribution is 14.1. The number of aryl methyl sites for hydroxylation is 1. The van der Waals surface area contributed by atoms with Crippen molar-refractivity contribution in [1.82, 2.24) is 0 Å². The van der Waals surface area contributed by atoms with E-state index in [1.54, 1.807) is 13.0 Å². The van der Waals surface area contributed by atoms with Crippen LogP contribution in [0, 0.1) is 10.5 Å². The summed E-state index contributed by atoms with van der Waals surface area (Å²) in [5, 5.41) is 13.0. The number of halogens is 2. The monoisotopic (exact) mass is 402 g/mol. The average molecular weight is 403 g/mol. The quantitative estimate of drug-likeness (QED) is 0.529. The van der Waals surface area contributed by atoms with Gasteiger partial charge in [0.1, 0.15) is 0 Å². The number of hydrogen-bond acceptors (Lipinski definition) is 3. The Morgan fingerprint density at radius 3 is 2.65 bits per heavy atom. The minimum Gasteiger partial charge on any atom is -0.478 e. The molecule has 0 radical (unpaired) electrons. The lowest BCUT2D eigenvalue weighted by Gasteiger charge is -2.12. The predicted molar refractivity (Wildman–Crippen MR) is 90.0 cm³/mol. The van der Waals surface area contributed by atoms with Crippen molar-refractivity contribution in [3.63, 3.8) is 0 Å². The smallest absolute Gasteiger partial charge is 0.337 e. The molecule has 0 spiro atoms. The Hall–Kier alpha value is -1.47. The lowest BCUT2D eigenvalue weighted by Crippen LogP contribution is -2.05. The summed E-state index contributed by atoms with van der Waals surface area (Å²) >= 11 is 8.07. The number of nitrogen functional groups attached to an aromatic ring is 1. The summed E-state index contributed by atoms with van der Waals surface area (Å²) in [4.78, 5) is 11.2. The first-order chi connectivity index (χ1) is 9.38. The van der Waals surface area contributed by atoms with E-state index in [0.29, 0.717) is 10.7 Å². The number of carboxylic acid groups (broad SMARTS) is 1. The van der Waals surface area contributed by atoms with Gasteiger partial charge in [-0.25, -0.2) is 4.79 Å². The first kappa shape index (κ1) is 14.9. The van der Waals surface area contributed by atoms with Crippen LogP contribution in [0.15, 0.2) is 30.3 Å². The highest BCUT2D eigenvalue weighted by Crippen LogP contribution is 2.29. The standard InChI is InChI=1S/C14H12ClIN2O2/c1-7-4-9(6-10(13(7)17)14(19)20)18-12-3-2-8(15)5-11(12)16/h2-6,18H,17H2,1H3,(H,19,20). The molecule has 6 heteroatoms. The van der Waals surface area contributed by atoms with Crippen molar-refractivity contribution in [2.45, 2.75) is 6.92 Å². The summed E-state index contributed by atoms with van der Waals surface area (Å²) in [6, 6.07) is 8.78. The number of hydrogen-bond donors (Lipinski definition) is 3.